The van der Waals surface area contributed by atoms with Crippen molar-refractivity contribution in [2.45, 2.75) is 17.6 Å². The van der Waals surface area contributed by atoms with Gasteiger partial charge in [-0.15, -0.1) is 0 Å². The van der Waals surface area contributed by atoms with Gasteiger partial charge >= 0.3 is 6.09 Å². The molecule has 2 aromatic heterocycles. The summed E-state index contributed by atoms with van der Waals surface area (Å²) in [5.74, 6) is -0.783. The van der Waals surface area contributed by atoms with Crippen LogP contribution in [-0.2, 0) is 0 Å². The van der Waals surface area contributed by atoms with Crippen LogP contribution in [0.4, 0.5) is 9.18 Å². The molecule has 0 spiro atoms. The van der Waals surface area contributed by atoms with Gasteiger partial charge in [0.05, 0.1) is 16.8 Å². The monoisotopic (exact) mass is 474 g/mol. The Labute approximate surface area is 192 Å². The highest BCUT2D eigenvalue weighted by Gasteiger charge is 2.34. The molecule has 1 amide bonds. The zero-order valence-corrected chi connectivity index (χ0v) is 18.7. The zero-order chi connectivity index (χ0) is 22.8. The highest BCUT2D eigenvalue weighted by Crippen LogP contribution is 2.34. The van der Waals surface area contributed by atoms with Crippen molar-refractivity contribution in [1.82, 2.24) is 19.4 Å². The van der Waals surface area contributed by atoms with E-state index >= 15 is 0 Å². The van der Waals surface area contributed by atoms with Crippen molar-refractivity contribution in [2.24, 2.45) is 5.92 Å². The number of aromatic nitrogens is 3. The molecule has 10 heteroatoms. The van der Waals surface area contributed by atoms with Crippen molar-refractivity contribution in [3.63, 3.8) is 0 Å². The van der Waals surface area contributed by atoms with Crippen molar-refractivity contribution < 1.29 is 14.3 Å². The Morgan fingerprint density at radius 3 is 2.78 bits per heavy atom. The molecule has 32 heavy (non-hydrogen) atoms. The number of halogens is 2. The average molecular weight is 475 g/mol. The van der Waals surface area contributed by atoms with Crippen molar-refractivity contribution in [3.8, 4) is 11.3 Å². The van der Waals surface area contributed by atoms with Gasteiger partial charge in [-0.2, -0.15) is 0 Å². The summed E-state index contributed by atoms with van der Waals surface area (Å²) in [5.41, 5.74) is 1.54. The lowest BCUT2D eigenvalue weighted by Crippen LogP contribution is -2.33. The molecule has 3 heterocycles. The van der Waals surface area contributed by atoms with E-state index in [1.807, 2.05) is 6.26 Å². The van der Waals surface area contributed by atoms with Crippen molar-refractivity contribution >= 4 is 29.5 Å². The Kier molecular flexibility index (Phi) is 6.48. The SMILES string of the molecule is CSc1nccc(-c2ccn([C@@H](c3ccc(Cl)c(F)c3)[C@@H]3CCN(C(=O)O)C3)c(=O)c2)n1. The minimum absolute atomic E-state index is 0.0119. The number of nitrogens with zero attached hydrogens (tertiary/aromatic N) is 4. The molecular formula is C22H20ClFN4O3S. The third-order valence-corrected chi connectivity index (χ3v) is 6.45. The van der Waals surface area contributed by atoms with Crippen LogP contribution in [0.15, 0.2) is 58.7 Å². The number of carbonyl (C=O) groups is 1. The second-order valence-corrected chi connectivity index (χ2v) is 8.67. The van der Waals surface area contributed by atoms with Crippen LogP contribution in [0.5, 0.6) is 0 Å². The van der Waals surface area contributed by atoms with E-state index in [0.29, 0.717) is 34.9 Å². The molecule has 1 aliphatic heterocycles. The molecule has 1 saturated heterocycles. The maximum absolute atomic E-state index is 14.3. The standard InChI is InChI=1S/C22H20ClFN4O3S/c1-32-21-25-7-4-18(26-21)13-6-9-28(19(29)11-13)20(14-2-3-16(23)17(24)10-14)15-5-8-27(12-15)22(30)31/h2-4,6-7,9-11,15,20H,5,8,12H2,1H3,(H,30,31)/t15-,20+/m1/s1. The van der Waals surface area contributed by atoms with E-state index in [4.69, 9.17) is 11.6 Å². The van der Waals surface area contributed by atoms with Gasteiger partial charge in [0.1, 0.15) is 5.82 Å². The molecule has 3 aromatic rings. The Hall–Kier alpha value is -2.91. The predicted molar refractivity (Wildman–Crippen MR) is 121 cm³/mol. The van der Waals surface area contributed by atoms with E-state index in [1.54, 1.807) is 30.6 Å². The quantitative estimate of drug-likeness (QED) is 0.435. The van der Waals surface area contributed by atoms with Crippen LogP contribution in [0.2, 0.25) is 5.02 Å². The third kappa shape index (κ3) is 4.49. The molecular weight excluding hydrogens is 455 g/mol. The second-order valence-electron chi connectivity index (χ2n) is 7.49. The van der Waals surface area contributed by atoms with E-state index < -0.39 is 18.0 Å². The van der Waals surface area contributed by atoms with E-state index in [9.17, 15) is 19.1 Å². The lowest BCUT2D eigenvalue weighted by Gasteiger charge is -2.27. The van der Waals surface area contributed by atoms with Gasteiger partial charge in [0.15, 0.2) is 5.16 Å². The summed E-state index contributed by atoms with van der Waals surface area (Å²) < 4.78 is 15.8. The fourth-order valence-corrected chi connectivity index (χ4v) is 4.53. The molecule has 7 nitrogen and oxygen atoms in total. The molecule has 1 fully saturated rings. The summed E-state index contributed by atoms with van der Waals surface area (Å²) in [7, 11) is 0. The van der Waals surface area contributed by atoms with Crippen LogP contribution < -0.4 is 5.56 Å². The number of benzene rings is 1. The highest BCUT2D eigenvalue weighted by atomic mass is 35.5. The first-order chi connectivity index (χ1) is 15.4. The first-order valence-electron chi connectivity index (χ1n) is 9.90. The molecule has 0 aliphatic carbocycles. The number of hydrogen-bond acceptors (Lipinski definition) is 5. The minimum atomic E-state index is -1.01. The second kappa shape index (κ2) is 9.30. The lowest BCUT2D eigenvalue weighted by molar-refractivity contribution is 0.153. The Morgan fingerprint density at radius 1 is 1.31 bits per heavy atom. The maximum atomic E-state index is 14.3. The minimum Gasteiger partial charge on any atom is -0.465 e. The molecule has 1 N–H and O–H groups in total. The van der Waals surface area contributed by atoms with E-state index in [0.717, 1.165) is 0 Å². The van der Waals surface area contributed by atoms with E-state index in [-0.39, 0.29) is 23.0 Å². The summed E-state index contributed by atoms with van der Waals surface area (Å²) in [6.07, 6.45) is 4.70. The fourth-order valence-electron chi connectivity index (χ4n) is 4.05. The van der Waals surface area contributed by atoms with Gasteiger partial charge in [0.2, 0.25) is 0 Å². The highest BCUT2D eigenvalue weighted by molar-refractivity contribution is 7.98. The van der Waals surface area contributed by atoms with Crippen LogP contribution in [0, 0.1) is 11.7 Å². The number of hydrogen-bond donors (Lipinski definition) is 1. The van der Waals surface area contributed by atoms with Crippen LogP contribution in [-0.4, -0.2) is 50.0 Å². The molecule has 0 unspecified atom stereocenters. The largest absolute Gasteiger partial charge is 0.465 e. The van der Waals surface area contributed by atoms with E-state index in [2.05, 4.69) is 9.97 Å². The summed E-state index contributed by atoms with van der Waals surface area (Å²) >= 11 is 7.26. The average Bonchev–Trinajstić information content (AvgIpc) is 3.27. The first kappa shape index (κ1) is 22.3. The topological polar surface area (TPSA) is 88.3 Å². The predicted octanol–water partition coefficient (Wildman–Crippen LogP) is 4.41. The number of pyridine rings is 1. The van der Waals surface area contributed by atoms with Crippen LogP contribution >= 0.6 is 23.4 Å². The molecule has 1 aromatic carbocycles. The van der Waals surface area contributed by atoms with E-state index in [1.165, 1.54) is 39.4 Å². The smallest absolute Gasteiger partial charge is 0.407 e. The lowest BCUT2D eigenvalue weighted by atomic mass is 9.91. The number of rotatable bonds is 5. The van der Waals surface area contributed by atoms with Crippen molar-refractivity contribution in [2.75, 3.05) is 19.3 Å². The van der Waals surface area contributed by atoms with Gasteiger partial charge < -0.3 is 14.6 Å². The Morgan fingerprint density at radius 2 is 2.12 bits per heavy atom. The summed E-state index contributed by atoms with van der Waals surface area (Å²) in [5, 5.41) is 9.95. The normalized spacial score (nSPS) is 16.8. The third-order valence-electron chi connectivity index (χ3n) is 5.59. The Balaban J connectivity index is 1.76. The van der Waals surface area contributed by atoms with Crippen LogP contribution in [0.1, 0.15) is 18.0 Å². The molecule has 0 bridgehead atoms. The molecule has 0 saturated carbocycles. The zero-order valence-electron chi connectivity index (χ0n) is 17.1. The molecule has 0 radical (unpaired) electrons. The van der Waals surface area contributed by atoms with Gasteiger partial charge in [0, 0.05) is 43.0 Å². The van der Waals surface area contributed by atoms with Gasteiger partial charge in [0.25, 0.3) is 5.56 Å². The summed E-state index contributed by atoms with van der Waals surface area (Å²) in [4.78, 5) is 34.5. The summed E-state index contributed by atoms with van der Waals surface area (Å²) in [6, 6.07) is 8.88. The maximum Gasteiger partial charge on any atom is 0.407 e. The first-order valence-corrected chi connectivity index (χ1v) is 11.5. The Bertz CT molecular complexity index is 1220. The van der Waals surface area contributed by atoms with Gasteiger partial charge in [-0.05, 0) is 42.5 Å². The molecule has 2 atom stereocenters. The number of thioether (sulfide) groups is 1. The number of likely N-dealkylation sites (tertiary alicyclic amines) is 1. The number of amides is 1. The van der Waals surface area contributed by atoms with Gasteiger partial charge in [-0.3, -0.25) is 4.79 Å². The van der Waals surface area contributed by atoms with Crippen molar-refractivity contribution in [1.29, 1.82) is 0 Å². The summed E-state index contributed by atoms with van der Waals surface area (Å²) in [6.45, 7) is 0.610. The van der Waals surface area contributed by atoms with Crippen LogP contribution in [0.25, 0.3) is 11.3 Å². The van der Waals surface area contributed by atoms with Gasteiger partial charge in [-0.1, -0.05) is 29.4 Å². The number of carboxylic acid groups (broad SMARTS) is 1. The van der Waals surface area contributed by atoms with Gasteiger partial charge in [-0.25, -0.2) is 19.2 Å². The molecule has 1 aliphatic rings. The molecule has 166 valence electrons. The fraction of sp³-hybridized carbons (Fsp3) is 0.273. The van der Waals surface area contributed by atoms with Crippen molar-refractivity contribution in [3.05, 3.63) is 75.5 Å². The molecule has 4 rings (SSSR count). The van der Waals surface area contributed by atoms with Crippen LogP contribution in [0.3, 0.4) is 0 Å².